The smallest absolute Gasteiger partial charge is 0.204 e. The number of phenols is 1. The molecule has 36 heavy (non-hydrogen) atoms. The Balaban J connectivity index is 1.42. The van der Waals surface area contributed by atoms with Gasteiger partial charge in [-0.3, -0.25) is 4.79 Å². The quantitative estimate of drug-likeness (QED) is 0.278. The highest BCUT2D eigenvalue weighted by molar-refractivity contribution is 5.89. The number of likely N-dealkylation sites (tertiary alicyclic amines) is 1. The summed E-state index contributed by atoms with van der Waals surface area (Å²) in [5.41, 5.74) is 1.68. The number of rotatable bonds is 10. The van der Waals surface area contributed by atoms with E-state index in [1.165, 1.54) is 32.0 Å². The van der Waals surface area contributed by atoms with Gasteiger partial charge in [0.1, 0.15) is 23.3 Å². The van der Waals surface area contributed by atoms with Crippen LogP contribution in [-0.4, -0.2) is 36.2 Å². The van der Waals surface area contributed by atoms with Crippen LogP contribution in [0.5, 0.6) is 17.2 Å². The van der Waals surface area contributed by atoms with Crippen LogP contribution < -0.4 is 14.9 Å². The number of ether oxygens (including phenoxy) is 2. The molecule has 0 atom stereocenters. The maximum Gasteiger partial charge on any atom is 0.204 e. The van der Waals surface area contributed by atoms with Crippen molar-refractivity contribution in [2.45, 2.75) is 32.3 Å². The lowest BCUT2D eigenvalue weighted by molar-refractivity contribution is 0.242. The number of unbranched alkanes of at least 4 members (excludes halogenated alkanes) is 1. The van der Waals surface area contributed by atoms with Gasteiger partial charge in [-0.25, -0.2) is 0 Å². The Labute approximate surface area is 210 Å². The van der Waals surface area contributed by atoms with Gasteiger partial charge in [-0.15, -0.1) is 0 Å². The topological polar surface area (TPSA) is 72.1 Å². The average Bonchev–Trinajstić information content (AvgIpc) is 3.43. The molecule has 0 aliphatic carbocycles. The molecular weight excluding hydrogens is 454 g/mol. The lowest BCUT2D eigenvalue weighted by atomic mass is 10.1. The Morgan fingerprint density at radius 1 is 0.889 bits per heavy atom. The molecule has 3 aromatic carbocycles. The lowest BCUT2D eigenvalue weighted by Gasteiger charge is -2.17. The zero-order chi connectivity index (χ0) is 24.7. The van der Waals surface area contributed by atoms with E-state index in [2.05, 4.69) is 4.90 Å². The molecule has 1 fully saturated rings. The van der Waals surface area contributed by atoms with Gasteiger partial charge < -0.3 is 23.9 Å². The third kappa shape index (κ3) is 5.55. The first-order valence-electron chi connectivity index (χ1n) is 12.6. The van der Waals surface area contributed by atoms with Crippen LogP contribution in [0.1, 0.15) is 31.2 Å². The Kier molecular flexibility index (Phi) is 7.52. The minimum Gasteiger partial charge on any atom is -0.504 e. The number of nitrogens with zero attached hydrogens (tertiary/aromatic N) is 1. The minimum atomic E-state index is -0.332. The molecule has 1 aliphatic heterocycles. The van der Waals surface area contributed by atoms with Crippen LogP contribution >= 0.6 is 0 Å². The fourth-order valence-electron chi connectivity index (χ4n) is 4.61. The Bertz CT molecular complexity index is 1340. The van der Waals surface area contributed by atoms with E-state index in [1.54, 1.807) is 6.07 Å². The summed E-state index contributed by atoms with van der Waals surface area (Å²) in [7, 11) is 0. The van der Waals surface area contributed by atoms with E-state index in [0.29, 0.717) is 24.7 Å². The SMILES string of the molecule is O=c1cc(-c2ccccc2)oc2cc(OCc3ccccc3)c(OCCCCN3CCCC3)c(O)c12. The molecule has 0 unspecified atom stereocenters. The fraction of sp³-hybridized carbons (Fsp3) is 0.300. The van der Waals surface area contributed by atoms with E-state index in [1.807, 2.05) is 60.7 Å². The van der Waals surface area contributed by atoms with Crippen molar-refractivity contribution in [3.05, 3.63) is 88.6 Å². The lowest BCUT2D eigenvalue weighted by Crippen LogP contribution is -2.20. The van der Waals surface area contributed by atoms with Crippen LogP contribution in [0.25, 0.3) is 22.3 Å². The van der Waals surface area contributed by atoms with E-state index in [4.69, 9.17) is 13.9 Å². The van der Waals surface area contributed by atoms with Crippen LogP contribution in [0.15, 0.2) is 82.0 Å². The van der Waals surface area contributed by atoms with Gasteiger partial charge in [0.2, 0.25) is 5.75 Å². The van der Waals surface area contributed by atoms with Crippen molar-refractivity contribution in [1.82, 2.24) is 4.90 Å². The summed E-state index contributed by atoms with van der Waals surface area (Å²) in [5.74, 6) is 0.705. The molecule has 1 N–H and O–H groups in total. The molecule has 4 aromatic rings. The zero-order valence-electron chi connectivity index (χ0n) is 20.3. The molecule has 1 saturated heterocycles. The Hall–Kier alpha value is -3.77. The summed E-state index contributed by atoms with van der Waals surface area (Å²) in [4.78, 5) is 15.5. The first-order chi connectivity index (χ1) is 17.7. The number of aromatic hydroxyl groups is 1. The number of hydrogen-bond acceptors (Lipinski definition) is 6. The summed E-state index contributed by atoms with van der Waals surface area (Å²) < 4.78 is 18.2. The van der Waals surface area contributed by atoms with E-state index in [-0.39, 0.29) is 27.9 Å². The van der Waals surface area contributed by atoms with Gasteiger partial charge >= 0.3 is 0 Å². The second kappa shape index (κ2) is 11.3. The van der Waals surface area contributed by atoms with Crippen LogP contribution in [0.3, 0.4) is 0 Å². The number of benzene rings is 3. The molecule has 0 radical (unpaired) electrons. The maximum absolute atomic E-state index is 13.0. The molecule has 6 heteroatoms. The van der Waals surface area contributed by atoms with Crippen molar-refractivity contribution >= 4 is 11.0 Å². The molecule has 0 bridgehead atoms. The summed E-state index contributed by atoms with van der Waals surface area (Å²) in [6, 6.07) is 22.2. The van der Waals surface area contributed by atoms with Crippen molar-refractivity contribution in [3.8, 4) is 28.6 Å². The molecule has 0 saturated carbocycles. The fourth-order valence-corrected chi connectivity index (χ4v) is 4.61. The van der Waals surface area contributed by atoms with Crippen molar-refractivity contribution < 1.29 is 19.0 Å². The second-order valence-electron chi connectivity index (χ2n) is 9.15. The van der Waals surface area contributed by atoms with Crippen molar-refractivity contribution in [2.75, 3.05) is 26.2 Å². The van der Waals surface area contributed by atoms with Gasteiger partial charge in [-0.05, 0) is 50.9 Å². The van der Waals surface area contributed by atoms with Gasteiger partial charge in [0.15, 0.2) is 16.9 Å². The Morgan fingerprint density at radius 2 is 1.61 bits per heavy atom. The zero-order valence-corrected chi connectivity index (χ0v) is 20.3. The first kappa shape index (κ1) is 23.9. The molecular formula is C30H31NO5. The van der Waals surface area contributed by atoms with E-state index < -0.39 is 0 Å². The van der Waals surface area contributed by atoms with Crippen LogP contribution in [-0.2, 0) is 6.61 Å². The standard InChI is InChI=1S/C30H31NO5/c32-24-19-25(23-13-5-2-6-14-23)36-26-20-27(35-21-22-11-3-1-4-12-22)30(29(33)28(24)26)34-18-10-9-17-31-15-7-8-16-31/h1-6,11-14,19-20,33H,7-10,15-18,21H2. The van der Waals surface area contributed by atoms with Crippen molar-refractivity contribution in [2.24, 2.45) is 0 Å². The van der Waals surface area contributed by atoms with Gasteiger partial charge in [0.25, 0.3) is 0 Å². The largest absolute Gasteiger partial charge is 0.504 e. The molecule has 0 amide bonds. The number of fused-ring (bicyclic) bond motifs is 1. The van der Waals surface area contributed by atoms with Crippen LogP contribution in [0.2, 0.25) is 0 Å². The predicted molar refractivity (Wildman–Crippen MR) is 141 cm³/mol. The summed E-state index contributed by atoms with van der Waals surface area (Å²) in [5, 5.41) is 11.2. The van der Waals surface area contributed by atoms with E-state index in [9.17, 15) is 9.90 Å². The molecule has 1 aromatic heterocycles. The van der Waals surface area contributed by atoms with Gasteiger partial charge in [0, 0.05) is 17.7 Å². The maximum atomic E-state index is 13.0. The van der Waals surface area contributed by atoms with Gasteiger partial charge in [-0.1, -0.05) is 60.7 Å². The van der Waals surface area contributed by atoms with Crippen LogP contribution in [0, 0.1) is 0 Å². The predicted octanol–water partition coefficient (Wildman–Crippen LogP) is 6.00. The molecule has 5 rings (SSSR count). The van der Waals surface area contributed by atoms with Gasteiger partial charge in [0.05, 0.1) is 6.61 Å². The third-order valence-electron chi connectivity index (χ3n) is 6.52. The third-order valence-corrected chi connectivity index (χ3v) is 6.52. The monoisotopic (exact) mass is 485 g/mol. The molecule has 2 heterocycles. The van der Waals surface area contributed by atoms with Gasteiger partial charge in [-0.2, -0.15) is 0 Å². The van der Waals surface area contributed by atoms with E-state index >= 15 is 0 Å². The highest BCUT2D eigenvalue weighted by atomic mass is 16.5. The molecule has 0 spiro atoms. The minimum absolute atomic E-state index is 0.0915. The van der Waals surface area contributed by atoms with Crippen molar-refractivity contribution in [3.63, 3.8) is 0 Å². The molecule has 186 valence electrons. The molecule has 1 aliphatic rings. The van der Waals surface area contributed by atoms with Crippen LogP contribution in [0.4, 0.5) is 0 Å². The average molecular weight is 486 g/mol. The van der Waals surface area contributed by atoms with E-state index in [0.717, 1.165) is 30.5 Å². The summed E-state index contributed by atoms with van der Waals surface area (Å²) >= 11 is 0. The summed E-state index contributed by atoms with van der Waals surface area (Å²) in [6.45, 7) is 4.10. The number of hydrogen-bond donors (Lipinski definition) is 1. The first-order valence-corrected chi connectivity index (χ1v) is 12.6. The number of phenolic OH excluding ortho intramolecular Hbond substituents is 1. The second-order valence-corrected chi connectivity index (χ2v) is 9.15. The Morgan fingerprint density at radius 3 is 2.36 bits per heavy atom. The molecule has 6 nitrogen and oxygen atoms in total. The highest BCUT2D eigenvalue weighted by Crippen LogP contribution is 2.43. The highest BCUT2D eigenvalue weighted by Gasteiger charge is 2.21. The summed E-state index contributed by atoms with van der Waals surface area (Å²) in [6.07, 6.45) is 4.40. The normalized spacial score (nSPS) is 13.8. The van der Waals surface area contributed by atoms with Crippen molar-refractivity contribution in [1.29, 1.82) is 0 Å².